The van der Waals surface area contributed by atoms with Crippen LogP contribution in [0.2, 0.25) is 0 Å². The highest BCUT2D eigenvalue weighted by Gasteiger charge is 2.42. The van der Waals surface area contributed by atoms with Crippen molar-refractivity contribution in [1.82, 2.24) is 0 Å². The highest BCUT2D eigenvalue weighted by Crippen LogP contribution is 2.43. The van der Waals surface area contributed by atoms with Crippen molar-refractivity contribution < 1.29 is 19.1 Å². The summed E-state index contributed by atoms with van der Waals surface area (Å²) in [6.45, 7) is 9.16. The van der Waals surface area contributed by atoms with E-state index in [0.29, 0.717) is 5.56 Å². The van der Waals surface area contributed by atoms with Crippen molar-refractivity contribution in [2.75, 3.05) is 14.2 Å². The first-order chi connectivity index (χ1) is 13.8. The van der Waals surface area contributed by atoms with Gasteiger partial charge in [-0.25, -0.2) is 4.79 Å². The van der Waals surface area contributed by atoms with Crippen molar-refractivity contribution in [1.29, 1.82) is 10.5 Å². The fourth-order valence-electron chi connectivity index (χ4n) is 3.07. The van der Waals surface area contributed by atoms with Crippen LogP contribution < -0.4 is 0 Å². The first kappa shape index (κ1) is 23.4. The summed E-state index contributed by atoms with van der Waals surface area (Å²) >= 11 is 0. The van der Waals surface area contributed by atoms with Gasteiger partial charge in [-0.1, -0.05) is 42.0 Å². The average molecular weight is 392 g/mol. The molecular weight excluding hydrogens is 368 g/mol. The molecule has 0 aromatic heterocycles. The van der Waals surface area contributed by atoms with Crippen LogP contribution >= 0.6 is 0 Å². The third kappa shape index (κ3) is 5.00. The third-order valence-electron chi connectivity index (χ3n) is 4.51. The molecule has 0 radical (unpaired) electrons. The van der Waals surface area contributed by atoms with Gasteiger partial charge in [-0.05, 0) is 18.9 Å². The van der Waals surface area contributed by atoms with Crippen LogP contribution in [0.5, 0.6) is 0 Å². The lowest BCUT2D eigenvalue weighted by Crippen LogP contribution is -2.29. The van der Waals surface area contributed by atoms with Gasteiger partial charge in [0.2, 0.25) is 0 Å². The van der Waals surface area contributed by atoms with Gasteiger partial charge in [-0.2, -0.15) is 10.5 Å². The standard InChI is InChI=1S/C23H24N2O4/c1-6-8-18(21(26)28-4)19(22(27)29-5)20(17-11-9-16(3)10-12-17)23(14-24,15-25)13-7-2/h6-7,9-12,18H,1-2,8,13H2,3-5H3/b20-19-. The lowest BCUT2D eigenvalue weighted by atomic mass is 9.71. The predicted octanol–water partition coefficient (Wildman–Crippen LogP) is 3.90. The van der Waals surface area contributed by atoms with Gasteiger partial charge in [0.05, 0.1) is 37.8 Å². The number of benzene rings is 1. The molecule has 0 amide bonds. The van der Waals surface area contributed by atoms with E-state index in [0.717, 1.165) is 5.56 Å². The summed E-state index contributed by atoms with van der Waals surface area (Å²) in [4.78, 5) is 25.4. The molecule has 0 spiro atoms. The minimum atomic E-state index is -1.76. The molecule has 0 aliphatic carbocycles. The maximum absolute atomic E-state index is 12.8. The zero-order valence-electron chi connectivity index (χ0n) is 16.9. The van der Waals surface area contributed by atoms with Crippen molar-refractivity contribution in [2.45, 2.75) is 19.8 Å². The lowest BCUT2D eigenvalue weighted by molar-refractivity contribution is -0.147. The fourth-order valence-corrected chi connectivity index (χ4v) is 3.07. The van der Waals surface area contributed by atoms with E-state index in [2.05, 4.69) is 13.2 Å². The summed E-state index contributed by atoms with van der Waals surface area (Å²) in [5.74, 6) is -2.61. The van der Waals surface area contributed by atoms with Crippen molar-refractivity contribution in [3.8, 4) is 12.1 Å². The smallest absolute Gasteiger partial charge is 0.335 e. The van der Waals surface area contributed by atoms with Crippen molar-refractivity contribution in [3.63, 3.8) is 0 Å². The summed E-state index contributed by atoms with van der Waals surface area (Å²) in [6, 6.07) is 11.0. The molecule has 1 atom stereocenters. The van der Waals surface area contributed by atoms with Crippen molar-refractivity contribution in [2.24, 2.45) is 11.3 Å². The van der Waals surface area contributed by atoms with E-state index in [1.54, 1.807) is 24.3 Å². The molecule has 1 aromatic rings. The number of carbonyl (C=O) groups is 2. The Kier molecular flexibility index (Phi) is 8.58. The van der Waals surface area contributed by atoms with Crippen molar-refractivity contribution >= 4 is 17.5 Å². The Hall–Kier alpha value is -3.64. The summed E-state index contributed by atoms with van der Waals surface area (Å²) in [6.07, 6.45) is 2.90. The van der Waals surface area contributed by atoms with E-state index in [-0.39, 0.29) is 24.0 Å². The largest absolute Gasteiger partial charge is 0.469 e. The molecule has 1 unspecified atom stereocenters. The number of nitrogens with zero attached hydrogens (tertiary/aromatic N) is 2. The SMILES string of the molecule is C=CCC(C(=O)OC)/C(C(=O)OC)=C(\c1ccc(C)cc1)C(C#N)(C#N)CC=C. The van der Waals surface area contributed by atoms with Gasteiger partial charge in [0.25, 0.3) is 0 Å². The number of carbonyl (C=O) groups excluding carboxylic acids is 2. The minimum absolute atomic E-state index is 0.0499. The number of ether oxygens (including phenoxy) is 2. The molecule has 1 rings (SSSR count). The average Bonchev–Trinajstić information content (AvgIpc) is 2.74. The van der Waals surface area contributed by atoms with Gasteiger partial charge < -0.3 is 9.47 Å². The molecule has 0 bridgehead atoms. The molecule has 0 heterocycles. The second-order valence-electron chi connectivity index (χ2n) is 6.37. The Morgan fingerprint density at radius 3 is 2.10 bits per heavy atom. The van der Waals surface area contributed by atoms with Crippen LogP contribution in [-0.2, 0) is 19.1 Å². The highest BCUT2D eigenvalue weighted by molar-refractivity contribution is 6.04. The number of nitriles is 2. The molecule has 150 valence electrons. The molecular formula is C23H24N2O4. The third-order valence-corrected chi connectivity index (χ3v) is 4.51. The lowest BCUT2D eigenvalue weighted by Gasteiger charge is -2.27. The quantitative estimate of drug-likeness (QED) is 0.359. The van der Waals surface area contributed by atoms with Crippen LogP contribution in [0.15, 0.2) is 55.1 Å². The van der Waals surface area contributed by atoms with Gasteiger partial charge in [0.15, 0.2) is 5.41 Å². The second kappa shape index (κ2) is 10.6. The molecule has 29 heavy (non-hydrogen) atoms. The summed E-state index contributed by atoms with van der Waals surface area (Å²) < 4.78 is 9.81. The molecule has 6 heteroatoms. The molecule has 0 aliphatic rings. The molecule has 6 nitrogen and oxygen atoms in total. The fraction of sp³-hybridized carbons (Fsp3) is 0.304. The van der Waals surface area contributed by atoms with Crippen LogP contribution in [0.4, 0.5) is 0 Å². The topological polar surface area (TPSA) is 100 Å². The van der Waals surface area contributed by atoms with Crippen LogP contribution in [0.3, 0.4) is 0 Å². The number of methoxy groups -OCH3 is 2. The first-order valence-corrected chi connectivity index (χ1v) is 8.87. The normalized spacial score (nSPS) is 12.4. The molecule has 0 fully saturated rings. The Bertz CT molecular complexity index is 884. The van der Waals surface area contributed by atoms with Gasteiger partial charge in [0, 0.05) is 12.0 Å². The van der Waals surface area contributed by atoms with Crippen LogP contribution in [0.25, 0.3) is 5.57 Å². The van der Waals surface area contributed by atoms with E-state index in [4.69, 9.17) is 9.47 Å². The van der Waals surface area contributed by atoms with E-state index in [1.165, 1.54) is 26.4 Å². The Morgan fingerprint density at radius 1 is 1.10 bits per heavy atom. The number of rotatable bonds is 9. The molecule has 0 aliphatic heterocycles. The number of esters is 2. The Morgan fingerprint density at radius 2 is 1.69 bits per heavy atom. The Labute approximate surface area is 171 Å². The van der Waals surface area contributed by atoms with Crippen molar-refractivity contribution in [3.05, 3.63) is 66.3 Å². The summed E-state index contributed by atoms with van der Waals surface area (Å²) in [5.41, 5.74) is -0.349. The summed E-state index contributed by atoms with van der Waals surface area (Å²) in [5, 5.41) is 19.9. The van der Waals surface area contributed by atoms with Crippen LogP contribution in [0, 0.1) is 40.9 Å². The van der Waals surface area contributed by atoms with E-state index in [1.807, 2.05) is 19.1 Å². The maximum Gasteiger partial charge on any atom is 0.335 e. The second-order valence-corrected chi connectivity index (χ2v) is 6.37. The first-order valence-electron chi connectivity index (χ1n) is 8.87. The van der Waals surface area contributed by atoms with Gasteiger partial charge in [-0.15, -0.1) is 13.2 Å². The zero-order valence-corrected chi connectivity index (χ0v) is 16.9. The Balaban J connectivity index is 4.15. The maximum atomic E-state index is 12.8. The molecule has 1 aromatic carbocycles. The van der Waals surface area contributed by atoms with E-state index in [9.17, 15) is 20.1 Å². The van der Waals surface area contributed by atoms with E-state index < -0.39 is 23.3 Å². The van der Waals surface area contributed by atoms with E-state index >= 15 is 0 Å². The van der Waals surface area contributed by atoms with Crippen LogP contribution in [0.1, 0.15) is 24.0 Å². The van der Waals surface area contributed by atoms with Gasteiger partial charge in [-0.3, -0.25) is 4.79 Å². The number of allylic oxidation sites excluding steroid dienone is 3. The molecule has 0 saturated heterocycles. The number of hydrogen-bond donors (Lipinski definition) is 0. The number of hydrogen-bond acceptors (Lipinski definition) is 6. The van der Waals surface area contributed by atoms with Gasteiger partial charge in [0.1, 0.15) is 0 Å². The molecule has 0 N–H and O–H groups in total. The monoisotopic (exact) mass is 392 g/mol. The summed E-state index contributed by atoms with van der Waals surface area (Å²) in [7, 11) is 2.37. The highest BCUT2D eigenvalue weighted by atomic mass is 16.5. The predicted molar refractivity (Wildman–Crippen MR) is 109 cm³/mol. The zero-order chi connectivity index (χ0) is 22.0. The minimum Gasteiger partial charge on any atom is -0.469 e. The van der Waals surface area contributed by atoms with Crippen LogP contribution in [-0.4, -0.2) is 26.2 Å². The number of aryl methyl sites for hydroxylation is 1. The van der Waals surface area contributed by atoms with Gasteiger partial charge >= 0.3 is 11.9 Å². The molecule has 0 saturated carbocycles.